The molecule has 0 unspecified atom stereocenters. The summed E-state index contributed by atoms with van der Waals surface area (Å²) in [5.74, 6) is 0.586. The molecule has 11 rings (SSSR count). The number of anilines is 6. The molecule has 0 aliphatic rings. The predicted molar refractivity (Wildman–Crippen MR) is 245 cm³/mol. The second kappa shape index (κ2) is 14.2. The number of hydrogen-bond donors (Lipinski definition) is 0. The molecule has 0 amide bonds. The number of aromatic nitrogens is 1. The molecule has 0 radical (unpaired) electrons. The van der Waals surface area contributed by atoms with Crippen LogP contribution in [0.4, 0.5) is 34.1 Å². The van der Waals surface area contributed by atoms with Gasteiger partial charge in [-0.15, -0.1) is 11.3 Å². The van der Waals surface area contributed by atoms with E-state index in [1.54, 1.807) is 0 Å². The van der Waals surface area contributed by atoms with E-state index in [0.29, 0.717) is 5.89 Å². The molecule has 0 bridgehead atoms. The first-order valence-electron chi connectivity index (χ1n) is 19.5. The summed E-state index contributed by atoms with van der Waals surface area (Å²) >= 11 is 1.84. The van der Waals surface area contributed by atoms with E-state index in [1.165, 1.54) is 25.7 Å². The number of para-hydroxylation sites is 2. The Balaban J connectivity index is 1.15. The third-order valence-corrected chi connectivity index (χ3v) is 12.1. The largest absolute Gasteiger partial charge is 0.435 e. The van der Waals surface area contributed by atoms with E-state index < -0.39 is 0 Å². The van der Waals surface area contributed by atoms with E-state index >= 15 is 0 Å². The van der Waals surface area contributed by atoms with Crippen molar-refractivity contribution in [2.45, 2.75) is 0 Å². The van der Waals surface area contributed by atoms with Crippen molar-refractivity contribution in [3.8, 4) is 22.6 Å². The molecule has 5 heteroatoms. The van der Waals surface area contributed by atoms with Crippen molar-refractivity contribution in [1.29, 1.82) is 0 Å². The summed E-state index contributed by atoms with van der Waals surface area (Å²) in [6.07, 6.45) is 0. The SMILES string of the molecule is c1ccc(-c2ccc(N(c3ccccc3)c3cc4cc(N(c5ccccc5)c5cccc6c5sc5ccccc56)ccc4c4oc(-c5ccccc5)nc34)cc2)cc1. The maximum absolute atomic E-state index is 6.82. The normalized spacial score (nSPS) is 11.4. The van der Waals surface area contributed by atoms with Gasteiger partial charge < -0.3 is 14.2 Å². The van der Waals surface area contributed by atoms with Gasteiger partial charge in [-0.05, 0) is 101 Å². The van der Waals surface area contributed by atoms with Gasteiger partial charge in [-0.3, -0.25) is 0 Å². The van der Waals surface area contributed by atoms with Gasteiger partial charge >= 0.3 is 0 Å². The Bertz CT molecular complexity index is 3210. The minimum absolute atomic E-state index is 0.586. The quantitative estimate of drug-likeness (QED) is 0.154. The molecule has 0 N–H and O–H groups in total. The molecule has 9 aromatic carbocycles. The second-order valence-electron chi connectivity index (χ2n) is 14.4. The number of thiophene rings is 1. The van der Waals surface area contributed by atoms with Crippen molar-refractivity contribution in [2.24, 2.45) is 0 Å². The third kappa shape index (κ3) is 5.88. The van der Waals surface area contributed by atoms with Gasteiger partial charge in [-0.1, -0.05) is 127 Å². The summed E-state index contributed by atoms with van der Waals surface area (Å²) in [6.45, 7) is 0. The van der Waals surface area contributed by atoms with Crippen LogP contribution in [0.3, 0.4) is 0 Å². The molecule has 0 aliphatic carbocycles. The highest BCUT2D eigenvalue weighted by Crippen LogP contribution is 2.47. The highest BCUT2D eigenvalue weighted by molar-refractivity contribution is 7.26. The molecule has 0 saturated carbocycles. The summed E-state index contributed by atoms with van der Waals surface area (Å²) in [6, 6.07) is 75.0. The Morgan fingerprint density at radius 3 is 1.66 bits per heavy atom. The van der Waals surface area contributed by atoms with E-state index in [0.717, 1.165) is 67.1 Å². The predicted octanol–water partition coefficient (Wildman–Crippen LogP) is 15.6. The van der Waals surface area contributed by atoms with Crippen LogP contribution in [0.15, 0.2) is 217 Å². The Morgan fingerprint density at radius 1 is 0.397 bits per heavy atom. The van der Waals surface area contributed by atoms with Crippen molar-refractivity contribution in [1.82, 2.24) is 4.98 Å². The Labute approximate surface area is 340 Å². The van der Waals surface area contributed by atoms with Gasteiger partial charge in [0.25, 0.3) is 0 Å². The number of rotatable bonds is 8. The third-order valence-electron chi connectivity index (χ3n) is 10.8. The highest BCUT2D eigenvalue weighted by Gasteiger charge is 2.24. The summed E-state index contributed by atoms with van der Waals surface area (Å²) < 4.78 is 9.35. The summed E-state index contributed by atoms with van der Waals surface area (Å²) in [7, 11) is 0. The van der Waals surface area contributed by atoms with E-state index in [-0.39, 0.29) is 0 Å². The lowest BCUT2D eigenvalue weighted by Gasteiger charge is -2.27. The van der Waals surface area contributed by atoms with Gasteiger partial charge in [-0.25, -0.2) is 4.98 Å². The Hall–Kier alpha value is -7.47. The van der Waals surface area contributed by atoms with Gasteiger partial charge in [0.1, 0.15) is 5.52 Å². The van der Waals surface area contributed by atoms with Crippen LogP contribution in [-0.2, 0) is 0 Å². The summed E-state index contributed by atoms with van der Waals surface area (Å²) in [4.78, 5) is 9.94. The number of benzene rings is 9. The van der Waals surface area contributed by atoms with Crippen LogP contribution in [0, 0.1) is 0 Å². The minimum atomic E-state index is 0.586. The molecule has 274 valence electrons. The number of nitrogens with zero attached hydrogens (tertiary/aromatic N) is 3. The first-order valence-corrected chi connectivity index (χ1v) is 20.3. The fourth-order valence-corrected chi connectivity index (χ4v) is 9.34. The van der Waals surface area contributed by atoms with E-state index in [4.69, 9.17) is 9.40 Å². The van der Waals surface area contributed by atoms with Crippen molar-refractivity contribution in [3.63, 3.8) is 0 Å². The van der Waals surface area contributed by atoms with Crippen molar-refractivity contribution in [3.05, 3.63) is 212 Å². The van der Waals surface area contributed by atoms with Gasteiger partial charge in [-0.2, -0.15) is 0 Å². The van der Waals surface area contributed by atoms with Crippen molar-refractivity contribution >= 4 is 87.5 Å². The zero-order valence-corrected chi connectivity index (χ0v) is 32.2. The van der Waals surface area contributed by atoms with E-state index in [2.05, 4.69) is 192 Å². The zero-order chi connectivity index (χ0) is 38.4. The first kappa shape index (κ1) is 33.8. The molecular formula is C53H35N3OS. The van der Waals surface area contributed by atoms with Crippen LogP contribution in [0.25, 0.3) is 64.6 Å². The molecule has 58 heavy (non-hydrogen) atoms. The molecule has 0 atom stereocenters. The minimum Gasteiger partial charge on any atom is -0.435 e. The molecule has 0 saturated heterocycles. The molecule has 0 spiro atoms. The molecular weight excluding hydrogens is 727 g/mol. The lowest BCUT2D eigenvalue weighted by Crippen LogP contribution is -2.11. The first-order chi connectivity index (χ1) is 28.8. The van der Waals surface area contributed by atoms with Crippen molar-refractivity contribution < 1.29 is 4.42 Å². The van der Waals surface area contributed by atoms with Crippen LogP contribution in [0.5, 0.6) is 0 Å². The maximum Gasteiger partial charge on any atom is 0.227 e. The Kier molecular flexibility index (Phi) is 8.30. The van der Waals surface area contributed by atoms with E-state index in [9.17, 15) is 0 Å². The highest BCUT2D eigenvalue weighted by atomic mass is 32.1. The van der Waals surface area contributed by atoms with Crippen molar-refractivity contribution in [2.75, 3.05) is 9.80 Å². The zero-order valence-electron chi connectivity index (χ0n) is 31.4. The maximum atomic E-state index is 6.82. The number of hydrogen-bond acceptors (Lipinski definition) is 5. The molecule has 4 nitrogen and oxygen atoms in total. The summed E-state index contributed by atoms with van der Waals surface area (Å²) in [5.41, 5.74) is 11.1. The molecule has 2 aromatic heterocycles. The average Bonchev–Trinajstić information content (AvgIpc) is 3.92. The van der Waals surface area contributed by atoms with Gasteiger partial charge in [0.15, 0.2) is 5.58 Å². The van der Waals surface area contributed by atoms with Crippen LogP contribution < -0.4 is 9.80 Å². The van der Waals surface area contributed by atoms with Crippen LogP contribution in [0.2, 0.25) is 0 Å². The van der Waals surface area contributed by atoms with Gasteiger partial charge in [0.05, 0.1) is 16.1 Å². The second-order valence-corrected chi connectivity index (χ2v) is 15.4. The number of fused-ring (bicyclic) bond motifs is 6. The monoisotopic (exact) mass is 761 g/mol. The van der Waals surface area contributed by atoms with Gasteiger partial charge in [0, 0.05) is 49.2 Å². The standard InChI is InChI=1S/C53H35N3OS/c1-5-16-36(17-6-1)37-28-30-42(31-29-37)55(40-20-9-3-10-21-40)48-35-39-34-43(32-33-44(39)51-50(48)54-53(57-51)38-18-7-2-8-19-38)56(41-22-11-4-12-23-41)47-26-15-25-46-45-24-13-14-27-49(45)58-52(46)47/h1-35H. The van der Waals surface area contributed by atoms with Crippen LogP contribution >= 0.6 is 11.3 Å². The lowest BCUT2D eigenvalue weighted by molar-refractivity contribution is 0.623. The molecule has 11 aromatic rings. The van der Waals surface area contributed by atoms with Crippen LogP contribution in [0.1, 0.15) is 0 Å². The van der Waals surface area contributed by atoms with E-state index in [1.807, 2.05) is 41.7 Å². The fourth-order valence-electron chi connectivity index (χ4n) is 8.13. The molecule has 2 heterocycles. The van der Waals surface area contributed by atoms with Gasteiger partial charge in [0.2, 0.25) is 5.89 Å². The van der Waals surface area contributed by atoms with Crippen LogP contribution in [-0.4, -0.2) is 4.98 Å². The number of oxazole rings is 1. The average molecular weight is 762 g/mol. The fraction of sp³-hybridized carbons (Fsp3) is 0. The molecule has 0 aliphatic heterocycles. The smallest absolute Gasteiger partial charge is 0.227 e. The summed E-state index contributed by atoms with van der Waals surface area (Å²) in [5, 5.41) is 4.58. The Morgan fingerprint density at radius 2 is 0.948 bits per heavy atom. The molecule has 0 fully saturated rings. The lowest BCUT2D eigenvalue weighted by atomic mass is 10.0. The topological polar surface area (TPSA) is 32.5 Å².